The lowest BCUT2D eigenvalue weighted by Crippen LogP contribution is -2.27. The van der Waals surface area contributed by atoms with Crippen molar-refractivity contribution < 1.29 is 8.42 Å². The molecule has 20 heavy (non-hydrogen) atoms. The van der Waals surface area contributed by atoms with Crippen LogP contribution in [0.4, 0.5) is 0 Å². The Labute approximate surface area is 122 Å². The molecule has 110 valence electrons. The summed E-state index contributed by atoms with van der Waals surface area (Å²) in [6.07, 6.45) is 2.05. The molecule has 0 aliphatic rings. The summed E-state index contributed by atoms with van der Waals surface area (Å²) in [5.41, 5.74) is 0. The van der Waals surface area contributed by atoms with E-state index in [4.69, 9.17) is 0 Å². The maximum atomic E-state index is 12.2. The van der Waals surface area contributed by atoms with E-state index in [1.54, 1.807) is 36.6 Å². The highest BCUT2D eigenvalue weighted by Gasteiger charge is 2.19. The Hall–Kier alpha value is -1.29. The number of nitrogens with one attached hydrogen (secondary N) is 2. The summed E-state index contributed by atoms with van der Waals surface area (Å²) >= 11 is 1.42. The van der Waals surface area contributed by atoms with Gasteiger partial charge in [0, 0.05) is 31.4 Å². The first-order valence-electron chi connectivity index (χ1n) is 6.08. The minimum Gasteiger partial charge on any atom is -0.315 e. The number of nitrogens with zero attached hydrogens (tertiary/aromatic N) is 3. The summed E-state index contributed by atoms with van der Waals surface area (Å²) in [6.45, 7) is 0.816. The average molecular weight is 315 g/mol. The predicted molar refractivity (Wildman–Crippen MR) is 77.0 cm³/mol. The Kier molecular flexibility index (Phi) is 4.86. The molecule has 0 amide bonds. The van der Waals surface area contributed by atoms with Gasteiger partial charge in [-0.05, 0) is 18.5 Å². The molecule has 2 aromatic rings. The molecule has 0 saturated carbocycles. The van der Waals surface area contributed by atoms with E-state index in [-0.39, 0.29) is 6.54 Å². The molecule has 2 heterocycles. The van der Waals surface area contributed by atoms with Crippen LogP contribution in [0.2, 0.25) is 0 Å². The topological polar surface area (TPSA) is 88.9 Å². The van der Waals surface area contributed by atoms with Gasteiger partial charge < -0.3 is 5.32 Å². The van der Waals surface area contributed by atoms with Crippen LogP contribution in [0.15, 0.2) is 22.7 Å². The Bertz CT molecular complexity index is 662. The van der Waals surface area contributed by atoms with Gasteiger partial charge in [0.05, 0.1) is 4.90 Å². The van der Waals surface area contributed by atoms with Crippen LogP contribution >= 0.6 is 11.3 Å². The van der Waals surface area contributed by atoms with Crippen LogP contribution in [0.5, 0.6) is 0 Å². The van der Waals surface area contributed by atoms with E-state index >= 15 is 0 Å². The number of aryl methyl sites for hydroxylation is 1. The van der Waals surface area contributed by atoms with Crippen molar-refractivity contribution >= 4 is 21.4 Å². The first-order chi connectivity index (χ1) is 9.53. The maximum Gasteiger partial charge on any atom is 0.241 e. The summed E-state index contributed by atoms with van der Waals surface area (Å²) in [4.78, 5) is 5.19. The van der Waals surface area contributed by atoms with Gasteiger partial charge in [-0.3, -0.25) is 4.68 Å². The molecule has 2 aromatic heterocycles. The van der Waals surface area contributed by atoms with E-state index in [2.05, 4.69) is 20.1 Å². The standard InChI is InChI=1S/C11H17N5O2S2/c1-12-7-9-10(4-6-19-9)20(17,18)14-5-3-11-13-8-16(2)15-11/h4,6,8,12,14H,3,5,7H2,1-2H3. The van der Waals surface area contributed by atoms with Gasteiger partial charge in [0.2, 0.25) is 10.0 Å². The Balaban J connectivity index is 1.98. The highest BCUT2D eigenvalue weighted by atomic mass is 32.2. The van der Waals surface area contributed by atoms with Crippen molar-refractivity contribution in [3.05, 3.63) is 28.5 Å². The van der Waals surface area contributed by atoms with Gasteiger partial charge in [-0.25, -0.2) is 18.1 Å². The third kappa shape index (κ3) is 3.63. The Morgan fingerprint density at radius 2 is 2.25 bits per heavy atom. The zero-order chi connectivity index (χ0) is 14.6. The first-order valence-corrected chi connectivity index (χ1v) is 8.44. The molecule has 0 aliphatic heterocycles. The zero-order valence-corrected chi connectivity index (χ0v) is 13.0. The third-order valence-corrected chi connectivity index (χ3v) is 5.21. The van der Waals surface area contributed by atoms with E-state index in [9.17, 15) is 8.42 Å². The van der Waals surface area contributed by atoms with Crippen LogP contribution < -0.4 is 10.0 Å². The quantitative estimate of drug-likeness (QED) is 0.757. The average Bonchev–Trinajstić information content (AvgIpc) is 2.99. The van der Waals surface area contributed by atoms with Gasteiger partial charge in [0.1, 0.15) is 6.33 Å². The van der Waals surface area contributed by atoms with Gasteiger partial charge in [-0.1, -0.05) is 0 Å². The minimum atomic E-state index is -3.48. The van der Waals surface area contributed by atoms with Gasteiger partial charge >= 0.3 is 0 Å². The second-order valence-electron chi connectivity index (χ2n) is 4.22. The summed E-state index contributed by atoms with van der Waals surface area (Å²) in [5.74, 6) is 0.621. The van der Waals surface area contributed by atoms with E-state index < -0.39 is 10.0 Å². The second kappa shape index (κ2) is 6.44. The SMILES string of the molecule is CNCc1sccc1S(=O)(=O)NCCc1ncn(C)n1. The highest BCUT2D eigenvalue weighted by molar-refractivity contribution is 7.89. The van der Waals surface area contributed by atoms with Crippen LogP contribution in [0.1, 0.15) is 10.7 Å². The molecule has 0 aliphatic carbocycles. The highest BCUT2D eigenvalue weighted by Crippen LogP contribution is 2.21. The zero-order valence-electron chi connectivity index (χ0n) is 11.3. The fraction of sp³-hybridized carbons (Fsp3) is 0.455. The lowest BCUT2D eigenvalue weighted by molar-refractivity contribution is 0.579. The van der Waals surface area contributed by atoms with Crippen LogP contribution in [0.25, 0.3) is 0 Å². The van der Waals surface area contributed by atoms with Gasteiger partial charge in [-0.15, -0.1) is 11.3 Å². The van der Waals surface area contributed by atoms with E-state index in [1.165, 1.54) is 11.3 Å². The Morgan fingerprint density at radius 3 is 2.90 bits per heavy atom. The number of sulfonamides is 1. The molecule has 9 heteroatoms. The fourth-order valence-electron chi connectivity index (χ4n) is 1.73. The molecule has 2 rings (SSSR count). The second-order valence-corrected chi connectivity index (χ2v) is 6.96. The predicted octanol–water partition coefficient (Wildman–Crippen LogP) is 0.117. The number of rotatable bonds is 7. The molecule has 7 nitrogen and oxygen atoms in total. The monoisotopic (exact) mass is 315 g/mol. The molecule has 0 radical (unpaired) electrons. The molecule has 0 aromatic carbocycles. The molecule has 2 N–H and O–H groups in total. The smallest absolute Gasteiger partial charge is 0.241 e. The lowest BCUT2D eigenvalue weighted by atomic mass is 10.4. The van der Waals surface area contributed by atoms with Crippen LogP contribution in [0.3, 0.4) is 0 Å². The third-order valence-electron chi connectivity index (χ3n) is 2.62. The van der Waals surface area contributed by atoms with Crippen molar-refractivity contribution in [2.24, 2.45) is 7.05 Å². The summed E-state index contributed by atoms with van der Waals surface area (Å²) < 4.78 is 28.6. The van der Waals surface area contributed by atoms with Crippen LogP contribution in [0, 0.1) is 0 Å². The van der Waals surface area contributed by atoms with Crippen molar-refractivity contribution in [2.75, 3.05) is 13.6 Å². The molecular weight excluding hydrogens is 298 g/mol. The van der Waals surface area contributed by atoms with E-state index in [0.29, 0.717) is 23.7 Å². The summed E-state index contributed by atoms with van der Waals surface area (Å²) in [6, 6.07) is 1.62. The van der Waals surface area contributed by atoms with Crippen molar-refractivity contribution in [1.29, 1.82) is 0 Å². The Morgan fingerprint density at radius 1 is 1.45 bits per heavy atom. The molecule has 0 saturated heterocycles. The number of hydrogen-bond donors (Lipinski definition) is 2. The van der Waals surface area contributed by atoms with E-state index in [1.807, 2.05) is 0 Å². The van der Waals surface area contributed by atoms with Gasteiger partial charge in [0.15, 0.2) is 5.82 Å². The molecule has 0 fully saturated rings. The van der Waals surface area contributed by atoms with E-state index in [0.717, 1.165) is 4.88 Å². The lowest BCUT2D eigenvalue weighted by Gasteiger charge is -2.06. The van der Waals surface area contributed by atoms with Crippen molar-refractivity contribution in [3.63, 3.8) is 0 Å². The molecule has 0 bridgehead atoms. The van der Waals surface area contributed by atoms with Crippen LogP contribution in [-0.4, -0.2) is 36.8 Å². The van der Waals surface area contributed by atoms with Crippen molar-refractivity contribution in [1.82, 2.24) is 24.8 Å². The van der Waals surface area contributed by atoms with Gasteiger partial charge in [-0.2, -0.15) is 5.10 Å². The number of aromatic nitrogens is 3. The number of hydrogen-bond acceptors (Lipinski definition) is 6. The van der Waals surface area contributed by atoms with Crippen molar-refractivity contribution in [2.45, 2.75) is 17.9 Å². The van der Waals surface area contributed by atoms with Gasteiger partial charge in [0.25, 0.3) is 0 Å². The normalized spacial score (nSPS) is 11.9. The molecule has 0 spiro atoms. The van der Waals surface area contributed by atoms with Crippen LogP contribution in [-0.2, 0) is 30.0 Å². The first kappa shape index (κ1) is 15.1. The summed E-state index contributed by atoms with van der Waals surface area (Å²) in [5, 5.41) is 8.84. The molecular formula is C11H17N5O2S2. The molecule has 0 atom stereocenters. The van der Waals surface area contributed by atoms with Crippen molar-refractivity contribution in [3.8, 4) is 0 Å². The fourth-order valence-corrected chi connectivity index (χ4v) is 4.22. The number of thiophene rings is 1. The minimum absolute atomic E-state index is 0.279. The largest absolute Gasteiger partial charge is 0.315 e. The molecule has 0 unspecified atom stereocenters. The summed E-state index contributed by atoms with van der Waals surface area (Å²) in [7, 11) is 0.0868. The maximum absolute atomic E-state index is 12.2.